The molecule has 0 bridgehead atoms. The molecule has 1 saturated heterocycles. The molecule has 4 heteroatoms. The molecule has 3 aliphatic rings. The van der Waals surface area contributed by atoms with Gasteiger partial charge in [-0.3, -0.25) is 4.90 Å². The van der Waals surface area contributed by atoms with Gasteiger partial charge in [0.15, 0.2) is 0 Å². The molecular weight excluding hydrogens is 356 g/mol. The summed E-state index contributed by atoms with van der Waals surface area (Å²) in [5, 5.41) is 7.61. The smallest absolute Gasteiger partial charge is 0.0343 e. The quantitative estimate of drug-likeness (QED) is 0.497. The van der Waals surface area contributed by atoms with Crippen molar-refractivity contribution >= 4 is 11.4 Å². The van der Waals surface area contributed by atoms with Gasteiger partial charge in [0, 0.05) is 41.2 Å². The molecule has 0 aromatic heterocycles. The van der Waals surface area contributed by atoms with Gasteiger partial charge in [-0.15, -0.1) is 0 Å². The number of benzene rings is 1. The molecule has 29 heavy (non-hydrogen) atoms. The molecule has 2 aliphatic carbocycles. The third kappa shape index (κ3) is 4.32. The van der Waals surface area contributed by atoms with Crippen LogP contribution in [0, 0.1) is 11.8 Å². The number of hydrogen-bond acceptors (Lipinski definition) is 4. The molecule has 4 rings (SSSR count). The van der Waals surface area contributed by atoms with E-state index in [1.165, 1.54) is 49.9 Å². The predicted molar refractivity (Wildman–Crippen MR) is 124 cm³/mol. The molecule has 0 radical (unpaired) electrons. The van der Waals surface area contributed by atoms with E-state index in [-0.39, 0.29) is 0 Å². The van der Waals surface area contributed by atoms with Crippen LogP contribution in [0.3, 0.4) is 0 Å². The Balaban J connectivity index is 1.42. The number of nitrogens with one attached hydrogen (secondary N) is 2. The lowest BCUT2D eigenvalue weighted by molar-refractivity contribution is 0.166. The third-order valence-corrected chi connectivity index (χ3v) is 7.63. The largest absolute Gasteiger partial charge is 0.399 e. The first-order valence-corrected chi connectivity index (χ1v) is 11.5. The Morgan fingerprint density at radius 2 is 1.59 bits per heavy atom. The van der Waals surface area contributed by atoms with Crippen LogP contribution in [0.5, 0.6) is 0 Å². The molecular formula is C25H38N4. The number of allylic oxidation sites excluding steroid dienone is 3. The predicted octanol–water partition coefficient (Wildman–Crippen LogP) is 4.77. The summed E-state index contributed by atoms with van der Waals surface area (Å²) in [7, 11) is 2.39. The molecule has 0 amide bonds. The summed E-state index contributed by atoms with van der Waals surface area (Å²) < 4.78 is 0. The second-order valence-electron chi connectivity index (χ2n) is 9.30. The van der Waals surface area contributed by atoms with Gasteiger partial charge >= 0.3 is 0 Å². The monoisotopic (exact) mass is 394 g/mol. The van der Waals surface area contributed by atoms with Gasteiger partial charge in [-0.25, -0.2) is 0 Å². The summed E-state index contributed by atoms with van der Waals surface area (Å²) >= 11 is 0. The number of likely N-dealkylation sites (tertiary alicyclic amines) is 1. The van der Waals surface area contributed by atoms with Gasteiger partial charge in [-0.05, 0) is 102 Å². The van der Waals surface area contributed by atoms with E-state index in [2.05, 4.69) is 66.8 Å². The molecule has 0 spiro atoms. The number of hydrogen-bond donors (Lipinski definition) is 3. The Labute approximate surface area is 176 Å². The van der Waals surface area contributed by atoms with Crippen LogP contribution in [-0.2, 0) is 0 Å². The van der Waals surface area contributed by atoms with Crippen molar-refractivity contribution in [1.29, 1.82) is 0 Å². The Morgan fingerprint density at radius 1 is 0.966 bits per heavy atom. The highest BCUT2D eigenvalue weighted by atomic mass is 15.2. The summed E-state index contributed by atoms with van der Waals surface area (Å²) in [4.78, 5) is 2.74. The zero-order valence-corrected chi connectivity index (χ0v) is 18.3. The van der Waals surface area contributed by atoms with E-state index >= 15 is 0 Å². The molecule has 4 nitrogen and oxygen atoms in total. The first kappa shape index (κ1) is 20.3. The van der Waals surface area contributed by atoms with Crippen LogP contribution in [0.2, 0.25) is 0 Å². The lowest BCUT2D eigenvalue weighted by Crippen LogP contribution is -2.42. The van der Waals surface area contributed by atoms with E-state index in [4.69, 9.17) is 5.73 Å². The maximum absolute atomic E-state index is 5.85. The van der Waals surface area contributed by atoms with Crippen molar-refractivity contribution < 1.29 is 0 Å². The van der Waals surface area contributed by atoms with E-state index in [1.54, 1.807) is 0 Å². The minimum atomic E-state index is 0.578. The first-order chi connectivity index (χ1) is 14.1. The summed E-state index contributed by atoms with van der Waals surface area (Å²) in [6, 6.07) is 10.9. The van der Waals surface area contributed by atoms with Gasteiger partial charge in [-0.1, -0.05) is 12.2 Å². The third-order valence-electron chi connectivity index (χ3n) is 7.63. The summed E-state index contributed by atoms with van der Waals surface area (Å²) in [5.41, 5.74) is 9.15. The van der Waals surface area contributed by atoms with Crippen LogP contribution in [0.15, 0.2) is 48.2 Å². The normalized spacial score (nSPS) is 35.3. The second-order valence-corrected chi connectivity index (χ2v) is 9.30. The standard InChI is InChI=1S/C25H38N4/c1-4-6-18(5-2)27-20-11-13-24-22(15-20)23-16-21(12-14-25(23)29(24)3)28-19-9-7-17(26)8-10-19/h4-10,20-25,27-28H,11-16,26H2,1-3H3/b6-4-,18-5+. The molecule has 6 unspecified atom stereocenters. The highest BCUT2D eigenvalue weighted by Gasteiger charge is 2.51. The Hall–Kier alpha value is -1.94. The topological polar surface area (TPSA) is 53.3 Å². The van der Waals surface area contributed by atoms with Gasteiger partial charge in [0.25, 0.3) is 0 Å². The van der Waals surface area contributed by atoms with Crippen LogP contribution in [0.25, 0.3) is 0 Å². The Morgan fingerprint density at radius 3 is 2.21 bits per heavy atom. The maximum Gasteiger partial charge on any atom is 0.0343 e. The molecule has 2 saturated carbocycles. The SMILES string of the molecule is C/C=C\C(=C/C)NC1CCC2C(C1)C1CC(Nc3ccc(N)cc3)CCC1N2C. The number of fused-ring (bicyclic) bond motifs is 3. The number of nitrogens with two attached hydrogens (primary N) is 1. The molecule has 3 fully saturated rings. The van der Waals surface area contributed by atoms with Crippen molar-refractivity contribution in [3.63, 3.8) is 0 Å². The van der Waals surface area contributed by atoms with E-state index in [0.29, 0.717) is 12.1 Å². The molecule has 158 valence electrons. The number of anilines is 2. The van der Waals surface area contributed by atoms with Gasteiger partial charge < -0.3 is 16.4 Å². The van der Waals surface area contributed by atoms with Gasteiger partial charge in [0.2, 0.25) is 0 Å². The highest BCUT2D eigenvalue weighted by Crippen LogP contribution is 2.48. The van der Waals surface area contributed by atoms with E-state index in [9.17, 15) is 0 Å². The van der Waals surface area contributed by atoms with Crippen LogP contribution >= 0.6 is 0 Å². The fraction of sp³-hybridized carbons (Fsp3) is 0.600. The van der Waals surface area contributed by atoms with E-state index in [1.807, 2.05) is 12.1 Å². The fourth-order valence-electron chi connectivity index (χ4n) is 6.28. The maximum atomic E-state index is 5.85. The van der Waals surface area contributed by atoms with Crippen LogP contribution in [0.4, 0.5) is 11.4 Å². The van der Waals surface area contributed by atoms with Crippen LogP contribution in [0.1, 0.15) is 52.4 Å². The number of nitrogen functional groups attached to an aromatic ring is 1. The van der Waals surface area contributed by atoms with Gasteiger partial charge in [0.05, 0.1) is 0 Å². The molecule has 4 N–H and O–H groups in total. The van der Waals surface area contributed by atoms with Crippen molar-refractivity contribution in [3.05, 3.63) is 48.2 Å². The summed E-state index contributed by atoms with van der Waals surface area (Å²) in [6.07, 6.45) is 14.3. The average Bonchev–Trinajstić information content (AvgIpc) is 3.01. The molecule has 1 heterocycles. The number of nitrogens with zero attached hydrogens (tertiary/aromatic N) is 1. The van der Waals surface area contributed by atoms with Gasteiger partial charge in [-0.2, -0.15) is 0 Å². The molecule has 1 aromatic rings. The van der Waals surface area contributed by atoms with Gasteiger partial charge in [0.1, 0.15) is 0 Å². The van der Waals surface area contributed by atoms with Crippen molar-refractivity contribution in [2.24, 2.45) is 11.8 Å². The summed E-state index contributed by atoms with van der Waals surface area (Å²) in [6.45, 7) is 4.22. The second kappa shape index (κ2) is 8.83. The Kier molecular flexibility index (Phi) is 6.19. The molecule has 1 aromatic carbocycles. The molecule has 6 atom stereocenters. The fourth-order valence-corrected chi connectivity index (χ4v) is 6.28. The Bertz CT molecular complexity index is 738. The van der Waals surface area contributed by atoms with E-state index in [0.717, 1.165) is 29.6 Å². The number of rotatable bonds is 5. The lowest BCUT2D eigenvalue weighted by Gasteiger charge is -2.38. The van der Waals surface area contributed by atoms with Crippen molar-refractivity contribution in [2.45, 2.75) is 76.5 Å². The van der Waals surface area contributed by atoms with Crippen LogP contribution in [-0.4, -0.2) is 36.1 Å². The van der Waals surface area contributed by atoms with Crippen molar-refractivity contribution in [2.75, 3.05) is 18.1 Å². The average molecular weight is 395 g/mol. The van der Waals surface area contributed by atoms with Crippen molar-refractivity contribution in [3.8, 4) is 0 Å². The zero-order chi connectivity index (χ0) is 20.4. The zero-order valence-electron chi connectivity index (χ0n) is 18.3. The first-order valence-electron chi connectivity index (χ1n) is 11.5. The summed E-state index contributed by atoms with van der Waals surface area (Å²) in [5.74, 6) is 1.63. The minimum absolute atomic E-state index is 0.578. The minimum Gasteiger partial charge on any atom is -0.399 e. The molecule has 1 aliphatic heterocycles. The lowest BCUT2D eigenvalue weighted by atomic mass is 9.71. The highest BCUT2D eigenvalue weighted by molar-refractivity contribution is 5.51. The van der Waals surface area contributed by atoms with E-state index < -0.39 is 0 Å². The van der Waals surface area contributed by atoms with Crippen LogP contribution < -0.4 is 16.4 Å². The van der Waals surface area contributed by atoms with Crippen molar-refractivity contribution in [1.82, 2.24) is 10.2 Å².